The number of hydrazone groups is 1. The maximum atomic E-state index is 11.8. The van der Waals surface area contributed by atoms with E-state index in [-0.39, 0.29) is 6.03 Å². The van der Waals surface area contributed by atoms with Gasteiger partial charge in [-0.25, -0.2) is 10.2 Å². The van der Waals surface area contributed by atoms with Gasteiger partial charge in [0.2, 0.25) is 0 Å². The van der Waals surface area contributed by atoms with Crippen molar-refractivity contribution < 1.29 is 9.69 Å². The first-order valence-electron chi connectivity index (χ1n) is 8.34. The van der Waals surface area contributed by atoms with Crippen molar-refractivity contribution in [1.82, 2.24) is 5.43 Å². The lowest BCUT2D eigenvalue weighted by molar-refractivity contribution is -0.914. The summed E-state index contributed by atoms with van der Waals surface area (Å²) >= 11 is 0. The highest BCUT2D eigenvalue weighted by Gasteiger charge is 2.18. The average molecular weight is 323 g/mol. The Morgan fingerprint density at radius 1 is 0.958 bits per heavy atom. The first kappa shape index (κ1) is 16.2. The number of carbonyl (C=O) groups is 1. The summed E-state index contributed by atoms with van der Waals surface area (Å²) < 4.78 is 0. The van der Waals surface area contributed by atoms with Crippen LogP contribution in [0.1, 0.15) is 18.4 Å². The monoisotopic (exact) mass is 323 g/mol. The summed E-state index contributed by atoms with van der Waals surface area (Å²) in [5, 5.41) is 7.02. The average Bonchev–Trinajstić information content (AvgIpc) is 2.63. The third kappa shape index (κ3) is 4.93. The van der Waals surface area contributed by atoms with Crippen LogP contribution in [-0.4, -0.2) is 24.8 Å². The Labute approximate surface area is 142 Å². The zero-order chi connectivity index (χ0) is 16.6. The van der Waals surface area contributed by atoms with E-state index in [0.717, 1.165) is 43.9 Å². The van der Waals surface area contributed by atoms with Crippen LogP contribution in [0.2, 0.25) is 0 Å². The Kier molecular flexibility index (Phi) is 5.58. The van der Waals surface area contributed by atoms with Crippen LogP contribution >= 0.6 is 0 Å². The molecule has 3 rings (SSSR count). The number of urea groups is 1. The van der Waals surface area contributed by atoms with Crippen LogP contribution in [0, 0.1) is 0 Å². The molecule has 5 heteroatoms. The summed E-state index contributed by atoms with van der Waals surface area (Å²) in [5.74, 6) is 0. The molecule has 1 fully saturated rings. The molecule has 0 aromatic heterocycles. The molecule has 0 bridgehead atoms. The molecule has 0 saturated carbocycles. The van der Waals surface area contributed by atoms with Gasteiger partial charge in [0.1, 0.15) is 6.54 Å². The molecule has 1 aliphatic rings. The fourth-order valence-electron chi connectivity index (χ4n) is 2.88. The number of rotatable bonds is 4. The van der Waals surface area contributed by atoms with Crippen molar-refractivity contribution in [3.63, 3.8) is 0 Å². The third-order valence-electron chi connectivity index (χ3n) is 4.18. The van der Waals surface area contributed by atoms with Crippen LogP contribution in [0.3, 0.4) is 0 Å². The number of anilines is 1. The molecule has 1 saturated heterocycles. The van der Waals surface area contributed by atoms with Crippen molar-refractivity contribution >= 4 is 17.4 Å². The van der Waals surface area contributed by atoms with E-state index in [2.05, 4.69) is 40.1 Å². The van der Waals surface area contributed by atoms with Crippen LogP contribution in [0.5, 0.6) is 0 Å². The second kappa shape index (κ2) is 8.26. The standard InChI is InChI=1S/C19H22N4O/c24-19(20-17-9-5-2-6-10-17)22-21-18-11-13-23(14-12-18)15-16-7-3-1-4-8-16/h1-10H,11-15H2,(H2,20,22,24)/p+1. The lowest BCUT2D eigenvalue weighted by Crippen LogP contribution is -3.11. The van der Waals surface area contributed by atoms with Gasteiger partial charge in [0.05, 0.1) is 13.1 Å². The number of carbonyl (C=O) groups excluding carboxylic acids is 1. The summed E-state index contributed by atoms with van der Waals surface area (Å²) in [6.45, 7) is 3.15. The molecule has 3 N–H and O–H groups in total. The van der Waals surface area contributed by atoms with E-state index in [0.29, 0.717) is 0 Å². The van der Waals surface area contributed by atoms with Crippen LogP contribution in [0.15, 0.2) is 65.8 Å². The molecule has 2 amide bonds. The van der Waals surface area contributed by atoms with E-state index in [1.165, 1.54) is 5.56 Å². The molecule has 0 spiro atoms. The summed E-state index contributed by atoms with van der Waals surface area (Å²) in [6, 6.07) is 19.6. The van der Waals surface area contributed by atoms with Gasteiger partial charge in [0.25, 0.3) is 0 Å². The van der Waals surface area contributed by atoms with Gasteiger partial charge in [0, 0.05) is 29.8 Å². The van der Waals surface area contributed by atoms with E-state index < -0.39 is 0 Å². The lowest BCUT2D eigenvalue weighted by atomic mass is 10.1. The van der Waals surface area contributed by atoms with Crippen molar-refractivity contribution in [1.29, 1.82) is 0 Å². The van der Waals surface area contributed by atoms with Gasteiger partial charge in [-0.1, -0.05) is 48.5 Å². The van der Waals surface area contributed by atoms with Crippen molar-refractivity contribution in [2.75, 3.05) is 18.4 Å². The minimum atomic E-state index is -0.298. The van der Waals surface area contributed by atoms with Crippen molar-refractivity contribution in [3.05, 3.63) is 66.2 Å². The Balaban J connectivity index is 1.43. The molecule has 24 heavy (non-hydrogen) atoms. The maximum absolute atomic E-state index is 11.8. The predicted octanol–water partition coefficient (Wildman–Crippen LogP) is 2.04. The second-order valence-corrected chi connectivity index (χ2v) is 6.02. The first-order valence-corrected chi connectivity index (χ1v) is 8.34. The number of quaternary nitrogens is 1. The number of likely N-dealkylation sites (tertiary alicyclic amines) is 1. The van der Waals surface area contributed by atoms with E-state index in [1.807, 2.05) is 36.4 Å². The largest absolute Gasteiger partial charge is 0.339 e. The number of hydrogen-bond donors (Lipinski definition) is 3. The topological polar surface area (TPSA) is 57.9 Å². The SMILES string of the molecule is O=C(NN=C1CC[NH+](Cc2ccccc2)CC1)Nc1ccccc1. The van der Waals surface area contributed by atoms with Crippen LogP contribution in [-0.2, 0) is 6.54 Å². The van der Waals surface area contributed by atoms with Crippen LogP contribution in [0.25, 0.3) is 0 Å². The van der Waals surface area contributed by atoms with Crippen molar-refractivity contribution in [2.24, 2.45) is 5.10 Å². The number of nitrogens with zero attached hydrogens (tertiary/aromatic N) is 1. The number of benzene rings is 2. The van der Waals surface area contributed by atoms with Gasteiger partial charge in [-0.3, -0.25) is 0 Å². The number of para-hydroxylation sites is 1. The van der Waals surface area contributed by atoms with Gasteiger partial charge in [-0.2, -0.15) is 5.10 Å². The molecule has 0 radical (unpaired) electrons. The highest BCUT2D eigenvalue weighted by Crippen LogP contribution is 2.04. The van der Waals surface area contributed by atoms with E-state index in [4.69, 9.17) is 0 Å². The Bertz CT molecular complexity index is 675. The molecule has 0 aliphatic carbocycles. The Morgan fingerprint density at radius 2 is 1.58 bits per heavy atom. The third-order valence-corrected chi connectivity index (χ3v) is 4.18. The summed E-state index contributed by atoms with van der Waals surface area (Å²) in [7, 11) is 0. The zero-order valence-corrected chi connectivity index (χ0v) is 13.7. The highest BCUT2D eigenvalue weighted by atomic mass is 16.2. The molecule has 2 aromatic carbocycles. The number of piperidine rings is 1. The maximum Gasteiger partial charge on any atom is 0.339 e. The fourth-order valence-corrected chi connectivity index (χ4v) is 2.88. The lowest BCUT2D eigenvalue weighted by Gasteiger charge is -2.24. The molecular weight excluding hydrogens is 300 g/mol. The van der Waals surface area contributed by atoms with Gasteiger partial charge >= 0.3 is 6.03 Å². The first-order chi connectivity index (χ1) is 11.8. The minimum absolute atomic E-state index is 0.298. The van der Waals surface area contributed by atoms with E-state index >= 15 is 0 Å². The van der Waals surface area contributed by atoms with E-state index in [9.17, 15) is 4.79 Å². The Morgan fingerprint density at radius 3 is 2.25 bits per heavy atom. The summed E-state index contributed by atoms with van der Waals surface area (Å²) in [5.41, 5.74) is 5.79. The molecule has 2 aromatic rings. The molecule has 0 unspecified atom stereocenters. The highest BCUT2D eigenvalue weighted by molar-refractivity contribution is 5.91. The second-order valence-electron chi connectivity index (χ2n) is 6.02. The number of hydrogen-bond acceptors (Lipinski definition) is 2. The molecule has 124 valence electrons. The molecule has 5 nitrogen and oxygen atoms in total. The van der Waals surface area contributed by atoms with Gasteiger partial charge in [-0.15, -0.1) is 0 Å². The van der Waals surface area contributed by atoms with Crippen LogP contribution in [0.4, 0.5) is 10.5 Å². The number of amides is 2. The molecule has 1 heterocycles. The number of nitrogens with one attached hydrogen (secondary N) is 3. The predicted molar refractivity (Wildman–Crippen MR) is 96.1 cm³/mol. The van der Waals surface area contributed by atoms with Gasteiger partial charge in [0.15, 0.2) is 0 Å². The molecule has 1 aliphatic heterocycles. The van der Waals surface area contributed by atoms with Gasteiger partial charge < -0.3 is 10.2 Å². The van der Waals surface area contributed by atoms with Gasteiger partial charge in [-0.05, 0) is 12.1 Å². The Hall–Kier alpha value is -2.66. The van der Waals surface area contributed by atoms with Crippen LogP contribution < -0.4 is 15.6 Å². The van der Waals surface area contributed by atoms with E-state index in [1.54, 1.807) is 4.90 Å². The zero-order valence-electron chi connectivity index (χ0n) is 13.7. The van der Waals surface area contributed by atoms with Crippen molar-refractivity contribution in [2.45, 2.75) is 19.4 Å². The molecule has 0 atom stereocenters. The summed E-state index contributed by atoms with van der Waals surface area (Å²) in [6.07, 6.45) is 1.85. The smallest absolute Gasteiger partial charge is 0.331 e. The van der Waals surface area contributed by atoms with Crippen molar-refractivity contribution in [3.8, 4) is 0 Å². The molecular formula is C19H23N4O+. The summed E-state index contributed by atoms with van der Waals surface area (Å²) in [4.78, 5) is 13.4. The fraction of sp³-hybridized carbons (Fsp3) is 0.263. The normalized spacial score (nSPS) is 17.2. The quantitative estimate of drug-likeness (QED) is 0.741. The minimum Gasteiger partial charge on any atom is -0.331 e.